The van der Waals surface area contributed by atoms with Gasteiger partial charge in [-0.05, 0) is 19.3 Å². The van der Waals surface area contributed by atoms with Gasteiger partial charge in [0, 0.05) is 6.07 Å². The fourth-order valence-corrected chi connectivity index (χ4v) is 1.19. The summed E-state index contributed by atoms with van der Waals surface area (Å²) in [5, 5.41) is 13.6. The van der Waals surface area contributed by atoms with E-state index in [-0.39, 0.29) is 0 Å². The maximum atomic E-state index is 9.37. The van der Waals surface area contributed by atoms with Crippen molar-refractivity contribution in [3.63, 3.8) is 0 Å². The van der Waals surface area contributed by atoms with Gasteiger partial charge >= 0.3 is 0 Å². The van der Waals surface area contributed by atoms with Crippen LogP contribution in [0.4, 0.5) is 0 Å². The predicted molar refractivity (Wildman–Crippen MR) is 41.5 cm³/mol. The lowest BCUT2D eigenvalue weighted by Gasteiger charge is -1.96. The van der Waals surface area contributed by atoms with Gasteiger partial charge in [-0.15, -0.1) is 0 Å². The van der Waals surface area contributed by atoms with Crippen LogP contribution in [-0.2, 0) is 6.42 Å². The molecule has 1 heterocycles. The SMILES string of the molecule is CCc1cc(O)n(C2CC2)n1. The molecule has 1 aliphatic carbocycles. The Kier molecular flexibility index (Phi) is 1.37. The lowest BCUT2D eigenvalue weighted by Crippen LogP contribution is -1.95. The van der Waals surface area contributed by atoms with Gasteiger partial charge in [0.05, 0.1) is 11.7 Å². The largest absolute Gasteiger partial charge is 0.493 e. The normalized spacial score (nSPS) is 17.2. The van der Waals surface area contributed by atoms with Crippen LogP contribution in [0.5, 0.6) is 5.88 Å². The van der Waals surface area contributed by atoms with Crippen molar-refractivity contribution in [3.8, 4) is 5.88 Å². The van der Waals surface area contributed by atoms with E-state index in [2.05, 4.69) is 5.10 Å². The third-order valence-electron chi connectivity index (χ3n) is 2.02. The first-order valence-electron chi connectivity index (χ1n) is 4.08. The minimum absolute atomic E-state index is 0.323. The molecule has 3 heteroatoms. The average molecular weight is 152 g/mol. The molecule has 1 aromatic rings. The van der Waals surface area contributed by atoms with Gasteiger partial charge in [0.1, 0.15) is 0 Å². The maximum absolute atomic E-state index is 9.37. The summed E-state index contributed by atoms with van der Waals surface area (Å²) in [6.45, 7) is 2.04. The molecule has 0 spiro atoms. The third kappa shape index (κ3) is 1.11. The standard InChI is InChI=1S/C8H12N2O/c1-2-6-5-8(11)10(9-6)7-3-4-7/h5,7,11H,2-4H2,1H3. The van der Waals surface area contributed by atoms with Gasteiger partial charge in [-0.1, -0.05) is 6.92 Å². The van der Waals surface area contributed by atoms with Crippen LogP contribution in [-0.4, -0.2) is 14.9 Å². The van der Waals surface area contributed by atoms with E-state index in [1.54, 1.807) is 10.7 Å². The molecule has 0 aromatic carbocycles. The fraction of sp³-hybridized carbons (Fsp3) is 0.625. The summed E-state index contributed by atoms with van der Waals surface area (Å²) in [4.78, 5) is 0. The van der Waals surface area contributed by atoms with Gasteiger partial charge in [0.2, 0.25) is 5.88 Å². The lowest BCUT2D eigenvalue weighted by atomic mass is 10.3. The summed E-state index contributed by atoms with van der Waals surface area (Å²) in [6, 6.07) is 2.23. The van der Waals surface area contributed by atoms with Crippen LogP contribution in [0.1, 0.15) is 31.5 Å². The quantitative estimate of drug-likeness (QED) is 0.697. The van der Waals surface area contributed by atoms with E-state index < -0.39 is 0 Å². The molecule has 0 aliphatic heterocycles. The second kappa shape index (κ2) is 2.26. The van der Waals surface area contributed by atoms with Crippen molar-refractivity contribution in [3.05, 3.63) is 11.8 Å². The molecule has 1 fully saturated rings. The molecule has 11 heavy (non-hydrogen) atoms. The highest BCUT2D eigenvalue weighted by Gasteiger charge is 2.26. The summed E-state index contributed by atoms with van der Waals surface area (Å²) in [5.74, 6) is 0.323. The van der Waals surface area contributed by atoms with E-state index in [9.17, 15) is 5.11 Å². The van der Waals surface area contributed by atoms with Gasteiger partial charge in [0.25, 0.3) is 0 Å². The van der Waals surface area contributed by atoms with Crippen molar-refractivity contribution in [2.75, 3.05) is 0 Å². The Morgan fingerprint density at radius 3 is 2.91 bits per heavy atom. The Bertz CT molecular complexity index is 263. The highest BCUT2D eigenvalue weighted by atomic mass is 16.3. The smallest absolute Gasteiger partial charge is 0.209 e. The number of nitrogens with zero attached hydrogens (tertiary/aromatic N) is 2. The zero-order valence-electron chi connectivity index (χ0n) is 6.62. The van der Waals surface area contributed by atoms with Crippen LogP contribution >= 0.6 is 0 Å². The summed E-state index contributed by atoms with van der Waals surface area (Å²) in [7, 11) is 0. The predicted octanol–water partition coefficient (Wildman–Crippen LogP) is 1.49. The first kappa shape index (κ1) is 6.70. The van der Waals surface area contributed by atoms with E-state index >= 15 is 0 Å². The summed E-state index contributed by atoms with van der Waals surface area (Å²) in [5.41, 5.74) is 0.981. The maximum Gasteiger partial charge on any atom is 0.209 e. The van der Waals surface area contributed by atoms with Crippen molar-refractivity contribution in [2.24, 2.45) is 0 Å². The monoisotopic (exact) mass is 152 g/mol. The second-order valence-corrected chi connectivity index (χ2v) is 3.02. The molecule has 60 valence electrons. The van der Waals surface area contributed by atoms with E-state index in [4.69, 9.17) is 0 Å². The topological polar surface area (TPSA) is 38.0 Å². The third-order valence-corrected chi connectivity index (χ3v) is 2.02. The molecule has 0 bridgehead atoms. The van der Waals surface area contributed by atoms with Gasteiger partial charge in [0.15, 0.2) is 0 Å². The molecular weight excluding hydrogens is 140 g/mol. The molecule has 2 rings (SSSR count). The lowest BCUT2D eigenvalue weighted by molar-refractivity contribution is 0.401. The van der Waals surface area contributed by atoms with E-state index in [0.29, 0.717) is 11.9 Å². The Morgan fingerprint density at radius 2 is 2.45 bits per heavy atom. The molecule has 1 aliphatic rings. The zero-order valence-corrected chi connectivity index (χ0v) is 6.62. The fourth-order valence-electron chi connectivity index (χ4n) is 1.19. The van der Waals surface area contributed by atoms with Crippen LogP contribution in [0.2, 0.25) is 0 Å². The van der Waals surface area contributed by atoms with Crippen LogP contribution in [0, 0.1) is 0 Å². The summed E-state index contributed by atoms with van der Waals surface area (Å²) >= 11 is 0. The summed E-state index contributed by atoms with van der Waals surface area (Å²) < 4.78 is 1.73. The van der Waals surface area contributed by atoms with Crippen LogP contribution in [0.3, 0.4) is 0 Å². The zero-order chi connectivity index (χ0) is 7.84. The van der Waals surface area contributed by atoms with E-state index in [1.165, 1.54) is 12.8 Å². The van der Waals surface area contributed by atoms with Crippen molar-refractivity contribution in [1.29, 1.82) is 0 Å². The van der Waals surface area contributed by atoms with Gasteiger partial charge in [-0.25, -0.2) is 4.68 Å². The Balaban J connectivity index is 2.30. The van der Waals surface area contributed by atoms with E-state index in [0.717, 1.165) is 12.1 Å². The number of hydrogen-bond acceptors (Lipinski definition) is 2. The first-order chi connectivity index (χ1) is 5.31. The highest BCUT2D eigenvalue weighted by molar-refractivity contribution is 5.16. The molecular formula is C8H12N2O. The van der Waals surface area contributed by atoms with E-state index in [1.807, 2.05) is 6.92 Å². The number of hydrogen-bond donors (Lipinski definition) is 1. The Morgan fingerprint density at radius 1 is 1.73 bits per heavy atom. The Labute approximate surface area is 65.7 Å². The second-order valence-electron chi connectivity index (χ2n) is 3.02. The van der Waals surface area contributed by atoms with Crippen LogP contribution < -0.4 is 0 Å². The molecule has 0 atom stereocenters. The van der Waals surface area contributed by atoms with Crippen molar-refractivity contribution in [2.45, 2.75) is 32.2 Å². The van der Waals surface area contributed by atoms with Gasteiger partial charge < -0.3 is 5.11 Å². The van der Waals surface area contributed by atoms with Gasteiger partial charge in [-0.2, -0.15) is 5.10 Å². The minimum Gasteiger partial charge on any atom is -0.493 e. The van der Waals surface area contributed by atoms with Crippen LogP contribution in [0.25, 0.3) is 0 Å². The highest BCUT2D eigenvalue weighted by Crippen LogP contribution is 2.37. The molecule has 0 saturated heterocycles. The number of aromatic hydroxyl groups is 1. The summed E-state index contributed by atoms with van der Waals surface area (Å²) in [6.07, 6.45) is 3.23. The number of rotatable bonds is 2. The molecule has 0 radical (unpaired) electrons. The molecule has 1 saturated carbocycles. The van der Waals surface area contributed by atoms with Crippen molar-refractivity contribution >= 4 is 0 Å². The first-order valence-corrected chi connectivity index (χ1v) is 4.08. The molecule has 0 amide bonds. The van der Waals surface area contributed by atoms with Gasteiger partial charge in [-0.3, -0.25) is 0 Å². The molecule has 0 unspecified atom stereocenters. The number of aromatic nitrogens is 2. The Hall–Kier alpha value is -0.990. The minimum atomic E-state index is 0.323. The molecule has 1 aromatic heterocycles. The molecule has 3 nitrogen and oxygen atoms in total. The number of aryl methyl sites for hydroxylation is 1. The average Bonchev–Trinajstić information content (AvgIpc) is 2.76. The van der Waals surface area contributed by atoms with Crippen LogP contribution in [0.15, 0.2) is 6.07 Å². The van der Waals surface area contributed by atoms with Crippen molar-refractivity contribution < 1.29 is 5.11 Å². The van der Waals surface area contributed by atoms with Crippen molar-refractivity contribution in [1.82, 2.24) is 9.78 Å². The molecule has 1 N–H and O–H groups in total.